The molecule has 20 heavy (non-hydrogen) atoms. The van der Waals surface area contributed by atoms with E-state index < -0.39 is 0 Å². The Balaban J connectivity index is 2.55. The van der Waals surface area contributed by atoms with E-state index >= 15 is 0 Å². The van der Waals surface area contributed by atoms with Gasteiger partial charge in [0.05, 0.1) is 11.6 Å². The summed E-state index contributed by atoms with van der Waals surface area (Å²) >= 11 is 3.56. The molecule has 0 aliphatic heterocycles. The zero-order valence-electron chi connectivity index (χ0n) is 13.2. The van der Waals surface area contributed by atoms with Gasteiger partial charge in [-0.15, -0.1) is 0 Å². The van der Waals surface area contributed by atoms with Gasteiger partial charge in [0.2, 0.25) is 0 Å². The Morgan fingerprint density at radius 3 is 2.60 bits per heavy atom. The second kappa shape index (κ2) is 9.41. The van der Waals surface area contributed by atoms with E-state index in [1.165, 1.54) is 24.8 Å². The van der Waals surface area contributed by atoms with Crippen molar-refractivity contribution in [3.8, 4) is 5.75 Å². The average molecular weight is 342 g/mol. The second-order valence-corrected chi connectivity index (χ2v) is 6.64. The Morgan fingerprint density at radius 2 is 2.05 bits per heavy atom. The fraction of sp³-hybridized carbons (Fsp3) is 0.647. The summed E-state index contributed by atoms with van der Waals surface area (Å²) in [7, 11) is 1.70. The van der Waals surface area contributed by atoms with Crippen LogP contribution in [0.2, 0.25) is 0 Å². The molecule has 114 valence electrons. The summed E-state index contributed by atoms with van der Waals surface area (Å²) in [6.45, 7) is 7.93. The zero-order valence-corrected chi connectivity index (χ0v) is 14.8. The van der Waals surface area contributed by atoms with Crippen LogP contribution in [0.3, 0.4) is 0 Å². The molecule has 0 saturated heterocycles. The van der Waals surface area contributed by atoms with E-state index in [2.05, 4.69) is 54.2 Å². The lowest BCUT2D eigenvalue weighted by molar-refractivity contribution is 0.398. The van der Waals surface area contributed by atoms with Crippen molar-refractivity contribution < 1.29 is 4.74 Å². The molecule has 0 amide bonds. The van der Waals surface area contributed by atoms with Gasteiger partial charge in [-0.1, -0.05) is 26.8 Å². The van der Waals surface area contributed by atoms with Crippen LogP contribution in [0, 0.1) is 5.92 Å². The molecular formula is C17H28BrNO. The topological polar surface area (TPSA) is 21.3 Å². The quantitative estimate of drug-likeness (QED) is 0.696. The van der Waals surface area contributed by atoms with Gasteiger partial charge < -0.3 is 10.1 Å². The van der Waals surface area contributed by atoms with Gasteiger partial charge in [-0.25, -0.2) is 0 Å². The van der Waals surface area contributed by atoms with Crippen LogP contribution in [-0.2, 0) is 6.42 Å². The summed E-state index contributed by atoms with van der Waals surface area (Å²) < 4.78 is 6.31. The van der Waals surface area contributed by atoms with Crippen LogP contribution in [-0.4, -0.2) is 19.7 Å². The number of rotatable bonds is 9. The van der Waals surface area contributed by atoms with Crippen molar-refractivity contribution in [1.82, 2.24) is 5.32 Å². The number of nitrogens with one attached hydrogen (secondary N) is 1. The molecule has 0 spiro atoms. The molecule has 1 aromatic rings. The van der Waals surface area contributed by atoms with Crippen LogP contribution < -0.4 is 10.1 Å². The van der Waals surface area contributed by atoms with Crippen molar-refractivity contribution in [2.24, 2.45) is 5.92 Å². The lowest BCUT2D eigenvalue weighted by Gasteiger charge is -2.20. The van der Waals surface area contributed by atoms with Gasteiger partial charge in [0, 0.05) is 6.04 Å². The molecule has 0 saturated carbocycles. The summed E-state index contributed by atoms with van der Waals surface area (Å²) in [5.74, 6) is 1.64. The van der Waals surface area contributed by atoms with E-state index in [9.17, 15) is 0 Å². The van der Waals surface area contributed by atoms with E-state index in [4.69, 9.17) is 4.74 Å². The van der Waals surface area contributed by atoms with Gasteiger partial charge in [-0.2, -0.15) is 0 Å². The monoisotopic (exact) mass is 341 g/mol. The predicted molar refractivity (Wildman–Crippen MR) is 90.6 cm³/mol. The molecule has 0 radical (unpaired) electrons. The van der Waals surface area contributed by atoms with Crippen molar-refractivity contribution in [3.05, 3.63) is 28.2 Å². The molecule has 3 heteroatoms. The van der Waals surface area contributed by atoms with Crippen molar-refractivity contribution in [2.45, 2.75) is 52.5 Å². The Morgan fingerprint density at radius 1 is 1.30 bits per heavy atom. The number of benzene rings is 1. The number of aryl methyl sites for hydroxylation is 1. The fourth-order valence-electron chi connectivity index (χ4n) is 2.43. The van der Waals surface area contributed by atoms with Gasteiger partial charge in [-0.05, 0) is 71.8 Å². The molecule has 1 rings (SSSR count). The molecule has 1 aromatic carbocycles. The van der Waals surface area contributed by atoms with Crippen molar-refractivity contribution >= 4 is 15.9 Å². The average Bonchev–Trinajstić information content (AvgIpc) is 2.41. The number of hydrogen-bond acceptors (Lipinski definition) is 2. The maximum absolute atomic E-state index is 5.27. The normalized spacial score (nSPS) is 12.7. The summed E-state index contributed by atoms with van der Waals surface area (Å²) in [6, 6.07) is 6.99. The first kappa shape index (κ1) is 17.5. The van der Waals surface area contributed by atoms with E-state index in [-0.39, 0.29) is 0 Å². The van der Waals surface area contributed by atoms with Crippen LogP contribution in [0.15, 0.2) is 22.7 Å². The van der Waals surface area contributed by atoms with E-state index in [0.717, 1.165) is 29.1 Å². The van der Waals surface area contributed by atoms with Crippen LogP contribution in [0.5, 0.6) is 5.75 Å². The fourth-order valence-corrected chi connectivity index (χ4v) is 3.02. The molecule has 1 unspecified atom stereocenters. The summed E-state index contributed by atoms with van der Waals surface area (Å²) in [5, 5.41) is 3.67. The summed E-state index contributed by atoms with van der Waals surface area (Å²) in [6.07, 6.45) is 4.74. The van der Waals surface area contributed by atoms with E-state index in [1.807, 2.05) is 6.07 Å². The third kappa shape index (κ3) is 6.27. The SMILES string of the molecule is CCCNC(CCc1ccc(OC)c(Br)c1)CC(C)C. The Kier molecular flexibility index (Phi) is 8.24. The molecule has 2 nitrogen and oxygen atoms in total. The van der Waals surface area contributed by atoms with E-state index in [0.29, 0.717) is 6.04 Å². The van der Waals surface area contributed by atoms with E-state index in [1.54, 1.807) is 7.11 Å². The second-order valence-electron chi connectivity index (χ2n) is 5.79. The number of halogens is 1. The minimum Gasteiger partial charge on any atom is -0.496 e. The highest BCUT2D eigenvalue weighted by atomic mass is 79.9. The van der Waals surface area contributed by atoms with Gasteiger partial charge in [0.25, 0.3) is 0 Å². The molecule has 0 heterocycles. The third-order valence-corrected chi connectivity index (χ3v) is 4.06. The summed E-state index contributed by atoms with van der Waals surface area (Å²) in [4.78, 5) is 0. The number of ether oxygens (including phenoxy) is 1. The maximum atomic E-state index is 5.27. The van der Waals surface area contributed by atoms with Gasteiger partial charge in [0.1, 0.15) is 5.75 Å². The minimum absolute atomic E-state index is 0.621. The Hall–Kier alpha value is -0.540. The molecule has 0 aliphatic rings. The van der Waals surface area contributed by atoms with Crippen molar-refractivity contribution in [1.29, 1.82) is 0 Å². The first-order valence-electron chi connectivity index (χ1n) is 7.62. The molecule has 0 aromatic heterocycles. The van der Waals surface area contributed by atoms with Gasteiger partial charge >= 0.3 is 0 Å². The van der Waals surface area contributed by atoms with Crippen molar-refractivity contribution in [3.63, 3.8) is 0 Å². The highest BCUT2D eigenvalue weighted by Crippen LogP contribution is 2.26. The lowest BCUT2D eigenvalue weighted by Crippen LogP contribution is -2.31. The van der Waals surface area contributed by atoms with Gasteiger partial charge in [-0.3, -0.25) is 0 Å². The van der Waals surface area contributed by atoms with Crippen LogP contribution in [0.4, 0.5) is 0 Å². The third-order valence-electron chi connectivity index (χ3n) is 3.44. The molecule has 1 N–H and O–H groups in total. The highest BCUT2D eigenvalue weighted by molar-refractivity contribution is 9.10. The molecule has 0 fully saturated rings. The predicted octanol–water partition coefficient (Wildman–Crippen LogP) is 4.80. The highest BCUT2D eigenvalue weighted by Gasteiger charge is 2.10. The number of hydrogen-bond donors (Lipinski definition) is 1. The first-order valence-corrected chi connectivity index (χ1v) is 8.41. The molecule has 1 atom stereocenters. The van der Waals surface area contributed by atoms with Crippen molar-refractivity contribution in [2.75, 3.05) is 13.7 Å². The maximum Gasteiger partial charge on any atom is 0.133 e. The number of methoxy groups -OCH3 is 1. The molecule has 0 aliphatic carbocycles. The van der Waals surface area contributed by atoms with Gasteiger partial charge in [0.15, 0.2) is 0 Å². The summed E-state index contributed by atoms with van der Waals surface area (Å²) in [5.41, 5.74) is 1.37. The molecular weight excluding hydrogens is 314 g/mol. The minimum atomic E-state index is 0.621. The first-order chi connectivity index (χ1) is 9.56. The lowest BCUT2D eigenvalue weighted by atomic mass is 9.97. The van der Waals surface area contributed by atoms with Crippen LogP contribution >= 0.6 is 15.9 Å². The zero-order chi connectivity index (χ0) is 15.0. The molecule has 0 bridgehead atoms. The Labute approximate surface area is 132 Å². The van der Waals surface area contributed by atoms with Crippen LogP contribution in [0.25, 0.3) is 0 Å². The largest absolute Gasteiger partial charge is 0.496 e. The Bertz CT molecular complexity index is 393. The standard InChI is InChI=1S/C17H28BrNO/c1-5-10-19-15(11-13(2)3)8-6-14-7-9-17(20-4)16(18)12-14/h7,9,12-13,15,19H,5-6,8,10-11H2,1-4H3. The smallest absolute Gasteiger partial charge is 0.133 e. The van der Waals surface area contributed by atoms with Crippen LogP contribution in [0.1, 0.15) is 45.6 Å².